The Morgan fingerprint density at radius 2 is 1.81 bits per heavy atom. The molecule has 0 unspecified atom stereocenters. The van der Waals surface area contributed by atoms with Crippen LogP contribution < -0.4 is 4.90 Å². The molecule has 1 saturated heterocycles. The number of thioether (sulfide) groups is 1. The van der Waals surface area contributed by atoms with Crippen LogP contribution in [0.25, 0.3) is 0 Å². The highest BCUT2D eigenvalue weighted by molar-refractivity contribution is 7.99. The molecule has 1 saturated carbocycles. The highest BCUT2D eigenvalue weighted by Gasteiger charge is 2.24. The molecule has 0 atom stereocenters. The van der Waals surface area contributed by atoms with Crippen LogP contribution in [0.3, 0.4) is 0 Å². The van der Waals surface area contributed by atoms with E-state index in [-0.39, 0.29) is 5.91 Å². The number of piperazine rings is 1. The van der Waals surface area contributed by atoms with Gasteiger partial charge in [-0.2, -0.15) is 0 Å². The minimum atomic E-state index is 0.103. The quantitative estimate of drug-likeness (QED) is 0.721. The van der Waals surface area contributed by atoms with Crippen molar-refractivity contribution in [3.8, 4) is 0 Å². The molecular formula is C18H24N6O2S. The van der Waals surface area contributed by atoms with Gasteiger partial charge in [0.15, 0.2) is 0 Å². The summed E-state index contributed by atoms with van der Waals surface area (Å²) in [5.41, 5.74) is 0. The van der Waals surface area contributed by atoms with Crippen LogP contribution in [0.1, 0.15) is 43.9 Å². The predicted molar refractivity (Wildman–Crippen MR) is 102 cm³/mol. The van der Waals surface area contributed by atoms with Crippen LogP contribution in [-0.2, 0) is 4.79 Å². The summed E-state index contributed by atoms with van der Waals surface area (Å²) in [6.45, 7) is 2.84. The van der Waals surface area contributed by atoms with E-state index in [1.165, 1.54) is 31.0 Å². The van der Waals surface area contributed by atoms with Crippen LogP contribution in [0.2, 0.25) is 0 Å². The summed E-state index contributed by atoms with van der Waals surface area (Å²) in [6, 6.07) is 1.80. The minimum absolute atomic E-state index is 0.103. The van der Waals surface area contributed by atoms with Crippen molar-refractivity contribution in [1.82, 2.24) is 25.1 Å². The lowest BCUT2D eigenvalue weighted by molar-refractivity contribution is -0.128. The molecule has 0 spiro atoms. The predicted octanol–water partition coefficient (Wildman–Crippen LogP) is 2.35. The van der Waals surface area contributed by atoms with E-state index in [0.717, 1.165) is 37.8 Å². The summed E-state index contributed by atoms with van der Waals surface area (Å²) in [4.78, 5) is 25.0. The number of aromatic nitrogens is 4. The number of anilines is 1. The first-order valence-electron chi connectivity index (χ1n) is 9.55. The first-order chi connectivity index (χ1) is 13.3. The molecule has 0 aromatic carbocycles. The van der Waals surface area contributed by atoms with Gasteiger partial charge in [0.1, 0.15) is 0 Å². The lowest BCUT2D eigenvalue weighted by Crippen LogP contribution is -2.49. The molecule has 0 N–H and O–H groups in total. The van der Waals surface area contributed by atoms with Gasteiger partial charge in [0, 0.05) is 44.5 Å². The molecule has 1 aliphatic carbocycles. The fraction of sp³-hybridized carbons (Fsp3) is 0.611. The molecule has 4 rings (SSSR count). The standard InChI is InChI=1S/C18H24N6O2S/c25-15(23-9-11-24(12-10-23)17-19-7-4-8-20-17)13-27-18-22-21-16(26-18)14-5-2-1-3-6-14/h4,7-8,14H,1-3,5-6,9-13H2. The molecule has 27 heavy (non-hydrogen) atoms. The Kier molecular flexibility index (Phi) is 5.86. The third-order valence-corrected chi connectivity index (χ3v) is 5.97. The number of carbonyl (C=O) groups excluding carboxylic acids is 1. The summed E-state index contributed by atoms with van der Waals surface area (Å²) in [5, 5.41) is 8.80. The molecule has 1 amide bonds. The molecule has 2 aliphatic rings. The summed E-state index contributed by atoms with van der Waals surface area (Å²) < 4.78 is 5.78. The molecule has 1 aliphatic heterocycles. The van der Waals surface area contributed by atoms with Crippen LogP contribution in [-0.4, -0.2) is 62.9 Å². The van der Waals surface area contributed by atoms with Gasteiger partial charge in [0.05, 0.1) is 5.75 Å². The Balaban J connectivity index is 1.24. The van der Waals surface area contributed by atoms with Gasteiger partial charge in [-0.3, -0.25) is 4.79 Å². The van der Waals surface area contributed by atoms with Crippen molar-refractivity contribution >= 4 is 23.6 Å². The second-order valence-electron chi connectivity index (χ2n) is 6.95. The van der Waals surface area contributed by atoms with E-state index in [9.17, 15) is 4.79 Å². The second kappa shape index (κ2) is 8.69. The molecule has 2 aromatic heterocycles. The average molecular weight is 388 g/mol. The van der Waals surface area contributed by atoms with E-state index in [1.54, 1.807) is 18.5 Å². The van der Waals surface area contributed by atoms with Gasteiger partial charge in [-0.1, -0.05) is 31.0 Å². The second-order valence-corrected chi connectivity index (χ2v) is 7.87. The monoisotopic (exact) mass is 388 g/mol. The molecule has 144 valence electrons. The van der Waals surface area contributed by atoms with E-state index in [2.05, 4.69) is 25.1 Å². The van der Waals surface area contributed by atoms with E-state index in [1.807, 2.05) is 4.90 Å². The number of carbonyl (C=O) groups is 1. The van der Waals surface area contributed by atoms with Gasteiger partial charge in [0.2, 0.25) is 17.7 Å². The SMILES string of the molecule is O=C(CSc1nnc(C2CCCCC2)o1)N1CCN(c2ncccn2)CC1. The molecule has 0 radical (unpaired) electrons. The van der Waals surface area contributed by atoms with Gasteiger partial charge in [-0.05, 0) is 18.9 Å². The van der Waals surface area contributed by atoms with Gasteiger partial charge >= 0.3 is 0 Å². The first-order valence-corrected chi connectivity index (χ1v) is 10.5. The highest BCUT2D eigenvalue weighted by Crippen LogP contribution is 2.32. The van der Waals surface area contributed by atoms with Crippen molar-refractivity contribution in [2.45, 2.75) is 43.2 Å². The lowest BCUT2D eigenvalue weighted by atomic mass is 9.89. The van der Waals surface area contributed by atoms with Gasteiger partial charge in [0.25, 0.3) is 5.22 Å². The van der Waals surface area contributed by atoms with Crippen LogP contribution in [0.4, 0.5) is 5.95 Å². The molecule has 3 heterocycles. The van der Waals surface area contributed by atoms with Crippen LogP contribution in [0.5, 0.6) is 0 Å². The Labute approximate surface area is 162 Å². The lowest BCUT2D eigenvalue weighted by Gasteiger charge is -2.34. The maximum atomic E-state index is 12.5. The molecule has 8 nitrogen and oxygen atoms in total. The number of amides is 1. The van der Waals surface area contributed by atoms with Crippen LogP contribution in [0.15, 0.2) is 28.1 Å². The Morgan fingerprint density at radius 3 is 2.56 bits per heavy atom. The third kappa shape index (κ3) is 4.58. The summed E-state index contributed by atoms with van der Waals surface area (Å²) >= 11 is 1.33. The van der Waals surface area contributed by atoms with Gasteiger partial charge < -0.3 is 14.2 Å². The van der Waals surface area contributed by atoms with Crippen molar-refractivity contribution in [2.24, 2.45) is 0 Å². The van der Waals surface area contributed by atoms with Crippen molar-refractivity contribution in [3.63, 3.8) is 0 Å². The molecule has 9 heteroatoms. The number of nitrogens with zero attached hydrogens (tertiary/aromatic N) is 6. The summed E-state index contributed by atoms with van der Waals surface area (Å²) in [6.07, 6.45) is 9.48. The average Bonchev–Trinajstić information content (AvgIpc) is 3.22. The zero-order chi connectivity index (χ0) is 18.5. The molecule has 2 aromatic rings. The Hall–Kier alpha value is -2.16. The van der Waals surface area contributed by atoms with E-state index < -0.39 is 0 Å². The fourth-order valence-corrected chi connectivity index (χ4v) is 4.29. The molecule has 2 fully saturated rings. The van der Waals surface area contributed by atoms with Crippen molar-refractivity contribution in [1.29, 1.82) is 0 Å². The number of rotatable bonds is 5. The summed E-state index contributed by atoms with van der Waals surface area (Å²) in [7, 11) is 0. The largest absolute Gasteiger partial charge is 0.416 e. The van der Waals surface area contributed by atoms with E-state index in [4.69, 9.17) is 4.42 Å². The van der Waals surface area contributed by atoms with E-state index in [0.29, 0.717) is 30.0 Å². The maximum absolute atomic E-state index is 12.5. The minimum Gasteiger partial charge on any atom is -0.416 e. The Morgan fingerprint density at radius 1 is 1.07 bits per heavy atom. The zero-order valence-electron chi connectivity index (χ0n) is 15.3. The smallest absolute Gasteiger partial charge is 0.277 e. The number of hydrogen-bond donors (Lipinski definition) is 0. The Bertz CT molecular complexity index is 741. The maximum Gasteiger partial charge on any atom is 0.277 e. The fourth-order valence-electron chi connectivity index (χ4n) is 3.62. The van der Waals surface area contributed by atoms with Crippen molar-refractivity contribution in [2.75, 3.05) is 36.8 Å². The van der Waals surface area contributed by atoms with E-state index >= 15 is 0 Å². The normalized spacial score (nSPS) is 18.7. The van der Waals surface area contributed by atoms with Crippen molar-refractivity contribution in [3.05, 3.63) is 24.4 Å². The molecule has 0 bridgehead atoms. The van der Waals surface area contributed by atoms with Crippen LogP contribution in [0, 0.1) is 0 Å². The van der Waals surface area contributed by atoms with Crippen molar-refractivity contribution < 1.29 is 9.21 Å². The van der Waals surface area contributed by atoms with Gasteiger partial charge in [-0.15, -0.1) is 10.2 Å². The zero-order valence-corrected chi connectivity index (χ0v) is 16.1. The topological polar surface area (TPSA) is 88.3 Å². The third-order valence-electron chi connectivity index (χ3n) is 5.16. The van der Waals surface area contributed by atoms with Crippen LogP contribution >= 0.6 is 11.8 Å². The molecular weight excluding hydrogens is 364 g/mol. The number of hydrogen-bond acceptors (Lipinski definition) is 8. The summed E-state index contributed by atoms with van der Waals surface area (Å²) in [5.74, 6) is 2.28. The van der Waals surface area contributed by atoms with Gasteiger partial charge in [-0.25, -0.2) is 9.97 Å². The first kappa shape index (κ1) is 18.2. The highest BCUT2D eigenvalue weighted by atomic mass is 32.2.